The summed E-state index contributed by atoms with van der Waals surface area (Å²) in [4.78, 5) is 40.3. The molecule has 1 saturated heterocycles. The summed E-state index contributed by atoms with van der Waals surface area (Å²) in [5.74, 6) is -0.266. The number of hydrogen-bond acceptors (Lipinski definition) is 6. The molecule has 3 rings (SSSR count). The molecule has 9 nitrogen and oxygen atoms in total. The third-order valence-electron chi connectivity index (χ3n) is 3.68. The number of likely N-dealkylation sites (tertiary alicyclic amines) is 1. The zero-order valence-corrected chi connectivity index (χ0v) is 14.0. The number of anilines is 1. The highest BCUT2D eigenvalue weighted by Crippen LogP contribution is 2.18. The number of amides is 4. The largest absolute Gasteiger partial charge is 0.459 e. The molecule has 0 bridgehead atoms. The predicted octanol–water partition coefficient (Wildman–Crippen LogP) is 0.800. The number of thiazole rings is 1. The molecule has 4 amide bonds. The number of nitrogens with one attached hydrogen (secondary N) is 2. The second-order valence-electron chi connectivity index (χ2n) is 5.58. The maximum Gasteiger partial charge on any atom is 0.314 e. The fraction of sp³-hybridized carbons (Fsp3) is 0.333. The summed E-state index contributed by atoms with van der Waals surface area (Å²) < 4.78 is 5.01. The Labute approximate surface area is 147 Å². The monoisotopic (exact) mass is 363 g/mol. The Balaban J connectivity index is 1.40. The van der Waals surface area contributed by atoms with E-state index >= 15 is 0 Å². The third-order valence-corrected chi connectivity index (χ3v) is 4.49. The zero-order valence-electron chi connectivity index (χ0n) is 13.2. The van der Waals surface area contributed by atoms with Crippen LogP contribution in [0.1, 0.15) is 22.7 Å². The van der Waals surface area contributed by atoms with E-state index in [0.29, 0.717) is 24.6 Å². The maximum absolute atomic E-state index is 11.9. The second-order valence-corrected chi connectivity index (χ2v) is 6.44. The molecular formula is C15H17N5O4S. The van der Waals surface area contributed by atoms with Crippen LogP contribution in [0.3, 0.4) is 0 Å². The Kier molecular flexibility index (Phi) is 4.98. The minimum Gasteiger partial charge on any atom is -0.459 e. The minimum atomic E-state index is -0.475. The number of carbonyl (C=O) groups excluding carboxylic acids is 3. The Hall–Kier alpha value is -2.88. The van der Waals surface area contributed by atoms with Crippen molar-refractivity contribution >= 4 is 34.3 Å². The SMILES string of the molecule is NC(=O)N1CC(NC(=O)CCc2csc(NC(=O)c3ccco3)n2)C1. The molecule has 132 valence electrons. The number of aromatic nitrogens is 1. The van der Waals surface area contributed by atoms with Gasteiger partial charge < -0.3 is 20.4 Å². The molecule has 0 unspecified atom stereocenters. The lowest BCUT2D eigenvalue weighted by Crippen LogP contribution is -2.62. The molecule has 1 aliphatic rings. The van der Waals surface area contributed by atoms with Gasteiger partial charge in [-0.05, 0) is 18.6 Å². The van der Waals surface area contributed by atoms with E-state index in [4.69, 9.17) is 10.2 Å². The summed E-state index contributed by atoms with van der Waals surface area (Å²) in [6, 6.07) is 2.68. The van der Waals surface area contributed by atoms with Gasteiger partial charge in [0.25, 0.3) is 5.91 Å². The molecule has 0 atom stereocenters. The number of urea groups is 1. The number of carbonyl (C=O) groups is 3. The van der Waals surface area contributed by atoms with Crippen LogP contribution < -0.4 is 16.4 Å². The van der Waals surface area contributed by atoms with Crippen molar-refractivity contribution < 1.29 is 18.8 Å². The number of nitrogens with zero attached hydrogens (tertiary/aromatic N) is 2. The second kappa shape index (κ2) is 7.34. The van der Waals surface area contributed by atoms with E-state index in [0.717, 1.165) is 5.69 Å². The standard InChI is InChI=1S/C15H17N5O4S/c16-14(23)20-6-10(7-20)17-12(21)4-3-9-8-25-15(18-9)19-13(22)11-2-1-5-24-11/h1-2,5,8,10H,3-4,6-7H2,(H2,16,23)(H,17,21)(H,18,19,22). The van der Waals surface area contributed by atoms with Gasteiger partial charge in [-0.2, -0.15) is 0 Å². The predicted molar refractivity (Wildman–Crippen MR) is 90.2 cm³/mol. The van der Waals surface area contributed by atoms with Crippen LogP contribution in [0, 0.1) is 0 Å². The Morgan fingerprint density at radius 1 is 1.40 bits per heavy atom. The van der Waals surface area contributed by atoms with Gasteiger partial charge in [-0.25, -0.2) is 9.78 Å². The average Bonchev–Trinajstić information content (AvgIpc) is 3.19. The molecule has 0 aliphatic carbocycles. The summed E-state index contributed by atoms with van der Waals surface area (Å²) in [6.45, 7) is 0.890. The van der Waals surface area contributed by atoms with Gasteiger partial charge in [-0.1, -0.05) is 0 Å². The van der Waals surface area contributed by atoms with Crippen LogP contribution >= 0.6 is 11.3 Å². The van der Waals surface area contributed by atoms with Crippen LogP contribution in [0.4, 0.5) is 9.93 Å². The summed E-state index contributed by atoms with van der Waals surface area (Å²) in [5.41, 5.74) is 5.85. The number of primary amides is 1. The van der Waals surface area contributed by atoms with Crippen LogP contribution in [0.15, 0.2) is 28.2 Å². The zero-order chi connectivity index (χ0) is 17.8. The minimum absolute atomic E-state index is 0.0430. The highest BCUT2D eigenvalue weighted by Gasteiger charge is 2.30. The van der Waals surface area contributed by atoms with Gasteiger partial charge in [0.05, 0.1) is 18.0 Å². The number of furan rings is 1. The van der Waals surface area contributed by atoms with Crippen molar-refractivity contribution in [1.82, 2.24) is 15.2 Å². The number of rotatable bonds is 6. The van der Waals surface area contributed by atoms with Crippen LogP contribution in [-0.2, 0) is 11.2 Å². The molecule has 25 heavy (non-hydrogen) atoms. The highest BCUT2D eigenvalue weighted by molar-refractivity contribution is 7.13. The molecule has 4 N–H and O–H groups in total. The maximum atomic E-state index is 11.9. The van der Waals surface area contributed by atoms with Crippen molar-refractivity contribution in [3.05, 3.63) is 35.2 Å². The van der Waals surface area contributed by atoms with E-state index in [9.17, 15) is 14.4 Å². The van der Waals surface area contributed by atoms with Crippen molar-refractivity contribution in [2.75, 3.05) is 18.4 Å². The van der Waals surface area contributed by atoms with E-state index in [1.807, 2.05) is 0 Å². The molecular weight excluding hydrogens is 346 g/mol. The topological polar surface area (TPSA) is 131 Å². The van der Waals surface area contributed by atoms with E-state index in [1.54, 1.807) is 17.5 Å². The highest BCUT2D eigenvalue weighted by atomic mass is 32.1. The lowest BCUT2D eigenvalue weighted by molar-refractivity contribution is -0.122. The van der Waals surface area contributed by atoms with Gasteiger partial charge in [0, 0.05) is 24.9 Å². The first-order valence-electron chi connectivity index (χ1n) is 7.64. The van der Waals surface area contributed by atoms with Gasteiger partial charge in [0.1, 0.15) is 0 Å². The average molecular weight is 363 g/mol. The lowest BCUT2D eigenvalue weighted by Gasteiger charge is -2.38. The van der Waals surface area contributed by atoms with Crippen molar-refractivity contribution in [1.29, 1.82) is 0 Å². The fourth-order valence-electron chi connectivity index (χ4n) is 2.34. The van der Waals surface area contributed by atoms with Crippen LogP contribution in [0.25, 0.3) is 0 Å². The first-order valence-corrected chi connectivity index (χ1v) is 8.52. The van der Waals surface area contributed by atoms with E-state index in [2.05, 4.69) is 15.6 Å². The Morgan fingerprint density at radius 3 is 2.88 bits per heavy atom. The third kappa shape index (κ3) is 4.35. The van der Waals surface area contributed by atoms with Crippen LogP contribution in [-0.4, -0.2) is 46.9 Å². The lowest BCUT2D eigenvalue weighted by atomic mass is 10.1. The smallest absolute Gasteiger partial charge is 0.314 e. The van der Waals surface area contributed by atoms with Crippen molar-refractivity contribution in [3.63, 3.8) is 0 Å². The first kappa shape index (κ1) is 17.0. The van der Waals surface area contributed by atoms with E-state index < -0.39 is 6.03 Å². The summed E-state index contributed by atoms with van der Waals surface area (Å²) in [7, 11) is 0. The Morgan fingerprint density at radius 2 is 2.20 bits per heavy atom. The fourth-order valence-corrected chi connectivity index (χ4v) is 3.08. The summed E-state index contributed by atoms with van der Waals surface area (Å²) in [6.07, 6.45) is 2.17. The molecule has 1 fully saturated rings. The molecule has 0 aromatic carbocycles. The van der Waals surface area contributed by atoms with Gasteiger partial charge in [-0.15, -0.1) is 11.3 Å². The first-order chi connectivity index (χ1) is 12.0. The van der Waals surface area contributed by atoms with Gasteiger partial charge in [-0.3, -0.25) is 14.9 Å². The molecule has 1 aliphatic heterocycles. The molecule has 0 radical (unpaired) electrons. The summed E-state index contributed by atoms with van der Waals surface area (Å²) >= 11 is 1.29. The molecule has 0 spiro atoms. The van der Waals surface area contributed by atoms with Gasteiger partial charge in [0.2, 0.25) is 5.91 Å². The molecule has 2 aromatic heterocycles. The normalized spacial score (nSPS) is 14.0. The number of nitrogens with two attached hydrogens (primary N) is 1. The number of aryl methyl sites for hydroxylation is 1. The molecule has 3 heterocycles. The van der Waals surface area contributed by atoms with E-state index in [-0.39, 0.29) is 30.0 Å². The number of hydrogen-bond donors (Lipinski definition) is 3. The molecule has 10 heteroatoms. The molecule has 0 saturated carbocycles. The van der Waals surface area contributed by atoms with Crippen molar-refractivity contribution in [2.24, 2.45) is 5.73 Å². The van der Waals surface area contributed by atoms with Gasteiger partial charge >= 0.3 is 6.03 Å². The summed E-state index contributed by atoms with van der Waals surface area (Å²) in [5, 5.41) is 7.72. The van der Waals surface area contributed by atoms with Crippen LogP contribution in [0.5, 0.6) is 0 Å². The van der Waals surface area contributed by atoms with Crippen LogP contribution in [0.2, 0.25) is 0 Å². The van der Waals surface area contributed by atoms with Crippen molar-refractivity contribution in [2.45, 2.75) is 18.9 Å². The van der Waals surface area contributed by atoms with Crippen molar-refractivity contribution in [3.8, 4) is 0 Å². The van der Waals surface area contributed by atoms with E-state index in [1.165, 1.54) is 22.5 Å². The van der Waals surface area contributed by atoms with Gasteiger partial charge in [0.15, 0.2) is 10.9 Å². The Bertz CT molecular complexity index is 767. The molecule has 2 aromatic rings. The quantitative estimate of drug-likeness (QED) is 0.699.